The van der Waals surface area contributed by atoms with Crippen molar-refractivity contribution in [3.63, 3.8) is 0 Å². The molecule has 2 rings (SSSR count). The molecule has 1 N–H and O–H groups in total. The fraction of sp³-hybridized carbons (Fsp3) is 0.688. The zero-order valence-electron chi connectivity index (χ0n) is 13.4. The van der Waals surface area contributed by atoms with Gasteiger partial charge in [-0.2, -0.15) is 5.10 Å². The van der Waals surface area contributed by atoms with E-state index >= 15 is 0 Å². The number of aromatic nitrogens is 2. The summed E-state index contributed by atoms with van der Waals surface area (Å²) >= 11 is 0. The second kappa shape index (κ2) is 7.42. The molecule has 0 aromatic carbocycles. The van der Waals surface area contributed by atoms with Crippen molar-refractivity contribution < 1.29 is 14.7 Å². The van der Waals surface area contributed by atoms with Gasteiger partial charge >= 0.3 is 5.97 Å². The highest BCUT2D eigenvalue weighted by atomic mass is 16.4. The van der Waals surface area contributed by atoms with E-state index in [-0.39, 0.29) is 12.5 Å². The highest BCUT2D eigenvalue weighted by Gasteiger charge is 2.25. The second-order valence-electron chi connectivity index (χ2n) is 6.00. The minimum atomic E-state index is -0.987. The van der Waals surface area contributed by atoms with Crippen LogP contribution in [0.5, 0.6) is 0 Å². The summed E-state index contributed by atoms with van der Waals surface area (Å²) in [4.78, 5) is 24.9. The number of nitrogens with zero attached hydrogens (tertiary/aromatic N) is 3. The fourth-order valence-corrected chi connectivity index (χ4v) is 3.18. The first kappa shape index (κ1) is 16.5. The van der Waals surface area contributed by atoms with Crippen LogP contribution < -0.4 is 0 Å². The van der Waals surface area contributed by atoms with E-state index in [0.29, 0.717) is 18.2 Å². The quantitative estimate of drug-likeness (QED) is 0.876. The Bertz CT molecular complexity index is 533. The predicted molar refractivity (Wildman–Crippen MR) is 82.9 cm³/mol. The van der Waals surface area contributed by atoms with E-state index < -0.39 is 5.97 Å². The molecule has 6 heteroatoms. The summed E-state index contributed by atoms with van der Waals surface area (Å²) in [6.45, 7) is 4.01. The van der Waals surface area contributed by atoms with E-state index in [9.17, 15) is 9.59 Å². The maximum absolute atomic E-state index is 12.6. The molecule has 0 spiro atoms. The topological polar surface area (TPSA) is 75.4 Å². The van der Waals surface area contributed by atoms with Gasteiger partial charge in [0.1, 0.15) is 6.54 Å². The average molecular weight is 307 g/mol. The number of carbonyl (C=O) groups excluding carboxylic acids is 1. The molecule has 0 bridgehead atoms. The first-order valence-electron chi connectivity index (χ1n) is 8.09. The highest BCUT2D eigenvalue weighted by molar-refractivity contribution is 5.96. The van der Waals surface area contributed by atoms with Crippen LogP contribution in [0.1, 0.15) is 67.5 Å². The third kappa shape index (κ3) is 3.67. The van der Waals surface area contributed by atoms with E-state index in [0.717, 1.165) is 25.0 Å². The molecule has 1 aromatic rings. The summed E-state index contributed by atoms with van der Waals surface area (Å²) in [5.41, 5.74) is 1.38. The van der Waals surface area contributed by atoms with Gasteiger partial charge in [-0.25, -0.2) is 0 Å². The summed E-state index contributed by atoms with van der Waals surface area (Å²) in [7, 11) is 0. The molecule has 6 nitrogen and oxygen atoms in total. The molecule has 1 saturated carbocycles. The van der Waals surface area contributed by atoms with Gasteiger partial charge in [0.15, 0.2) is 0 Å². The van der Waals surface area contributed by atoms with Gasteiger partial charge in [-0.05, 0) is 26.2 Å². The lowest BCUT2D eigenvalue weighted by atomic mass is 9.95. The van der Waals surface area contributed by atoms with Crippen molar-refractivity contribution >= 4 is 11.9 Å². The average Bonchev–Trinajstić information content (AvgIpc) is 2.88. The Balaban J connectivity index is 2.18. The standard InChI is InChI=1S/C16H25N3O3/c1-3-9-18(11-15(20)21)16(22)14-10-17-19(12(14)2)13-7-5-4-6-8-13/h10,13H,3-9,11H2,1-2H3,(H,20,21). The Labute approximate surface area is 131 Å². The van der Waals surface area contributed by atoms with Gasteiger partial charge in [-0.15, -0.1) is 0 Å². The second-order valence-corrected chi connectivity index (χ2v) is 6.00. The molecule has 0 atom stereocenters. The number of amides is 1. The van der Waals surface area contributed by atoms with Crippen molar-refractivity contribution in [1.82, 2.24) is 14.7 Å². The van der Waals surface area contributed by atoms with Gasteiger partial charge in [0.05, 0.1) is 17.8 Å². The Morgan fingerprint density at radius 1 is 1.36 bits per heavy atom. The molecular formula is C16H25N3O3. The fourth-order valence-electron chi connectivity index (χ4n) is 3.18. The summed E-state index contributed by atoms with van der Waals surface area (Å²) < 4.78 is 1.96. The molecule has 1 aromatic heterocycles. The van der Waals surface area contributed by atoms with E-state index in [1.807, 2.05) is 18.5 Å². The van der Waals surface area contributed by atoms with Crippen LogP contribution in [0.4, 0.5) is 0 Å². The predicted octanol–water partition coefficient (Wildman–Crippen LogP) is 2.63. The molecule has 1 aliphatic carbocycles. The van der Waals surface area contributed by atoms with Crippen LogP contribution in [0, 0.1) is 6.92 Å². The van der Waals surface area contributed by atoms with E-state index in [1.165, 1.54) is 24.2 Å². The smallest absolute Gasteiger partial charge is 0.323 e. The zero-order chi connectivity index (χ0) is 16.1. The molecule has 0 unspecified atom stereocenters. The van der Waals surface area contributed by atoms with Gasteiger partial charge < -0.3 is 10.0 Å². The number of aliphatic carboxylic acids is 1. The first-order valence-corrected chi connectivity index (χ1v) is 8.09. The van der Waals surface area contributed by atoms with Gasteiger partial charge in [0.2, 0.25) is 0 Å². The van der Waals surface area contributed by atoms with Crippen molar-refractivity contribution in [1.29, 1.82) is 0 Å². The normalized spacial score (nSPS) is 15.7. The van der Waals surface area contributed by atoms with Crippen molar-refractivity contribution in [2.45, 2.75) is 58.4 Å². The monoisotopic (exact) mass is 307 g/mol. The van der Waals surface area contributed by atoms with Crippen LogP contribution in [0.2, 0.25) is 0 Å². The summed E-state index contributed by atoms with van der Waals surface area (Å²) in [6.07, 6.45) is 8.20. The molecule has 0 saturated heterocycles. The minimum absolute atomic E-state index is 0.233. The van der Waals surface area contributed by atoms with Gasteiger partial charge in [0.25, 0.3) is 5.91 Å². The van der Waals surface area contributed by atoms with E-state index in [1.54, 1.807) is 6.20 Å². The first-order chi connectivity index (χ1) is 10.5. The molecule has 1 amide bonds. The van der Waals surface area contributed by atoms with Crippen LogP contribution in [-0.2, 0) is 4.79 Å². The van der Waals surface area contributed by atoms with Gasteiger partial charge in [0, 0.05) is 12.2 Å². The van der Waals surface area contributed by atoms with Crippen LogP contribution in [-0.4, -0.2) is 44.8 Å². The van der Waals surface area contributed by atoms with E-state index in [2.05, 4.69) is 5.10 Å². The summed E-state index contributed by atoms with van der Waals surface area (Å²) in [5.74, 6) is -1.22. The van der Waals surface area contributed by atoms with Crippen molar-refractivity contribution in [3.8, 4) is 0 Å². The highest BCUT2D eigenvalue weighted by Crippen LogP contribution is 2.29. The number of carboxylic acid groups (broad SMARTS) is 1. The maximum atomic E-state index is 12.6. The molecule has 1 fully saturated rings. The third-order valence-corrected chi connectivity index (χ3v) is 4.30. The molecule has 0 aliphatic heterocycles. The Hall–Kier alpha value is -1.85. The lowest BCUT2D eigenvalue weighted by Gasteiger charge is -2.24. The lowest BCUT2D eigenvalue weighted by molar-refractivity contribution is -0.137. The minimum Gasteiger partial charge on any atom is -0.480 e. The van der Waals surface area contributed by atoms with Crippen LogP contribution >= 0.6 is 0 Å². The Morgan fingerprint density at radius 3 is 2.64 bits per heavy atom. The van der Waals surface area contributed by atoms with Crippen LogP contribution in [0.25, 0.3) is 0 Å². The van der Waals surface area contributed by atoms with Gasteiger partial charge in [-0.3, -0.25) is 14.3 Å². The third-order valence-electron chi connectivity index (χ3n) is 4.30. The largest absolute Gasteiger partial charge is 0.480 e. The molecule has 122 valence electrons. The number of rotatable bonds is 6. The Morgan fingerprint density at radius 2 is 2.05 bits per heavy atom. The molecule has 22 heavy (non-hydrogen) atoms. The van der Waals surface area contributed by atoms with Crippen LogP contribution in [0.15, 0.2) is 6.20 Å². The summed E-state index contributed by atoms with van der Waals surface area (Å²) in [5, 5.41) is 13.4. The van der Waals surface area contributed by atoms with Crippen molar-refractivity contribution in [2.75, 3.05) is 13.1 Å². The maximum Gasteiger partial charge on any atom is 0.323 e. The SMILES string of the molecule is CCCN(CC(=O)O)C(=O)c1cnn(C2CCCCC2)c1C. The number of carboxylic acids is 1. The molecule has 1 heterocycles. The number of carbonyl (C=O) groups is 2. The molecular weight excluding hydrogens is 282 g/mol. The number of hydrogen-bond donors (Lipinski definition) is 1. The molecule has 1 aliphatic rings. The molecule has 0 radical (unpaired) electrons. The summed E-state index contributed by atoms with van der Waals surface area (Å²) in [6, 6.07) is 0.370. The van der Waals surface area contributed by atoms with Gasteiger partial charge in [-0.1, -0.05) is 26.2 Å². The van der Waals surface area contributed by atoms with Crippen molar-refractivity contribution in [3.05, 3.63) is 17.5 Å². The van der Waals surface area contributed by atoms with Crippen molar-refractivity contribution in [2.24, 2.45) is 0 Å². The lowest BCUT2D eigenvalue weighted by Crippen LogP contribution is -2.36. The van der Waals surface area contributed by atoms with E-state index in [4.69, 9.17) is 5.11 Å². The zero-order valence-corrected chi connectivity index (χ0v) is 13.4. The van der Waals surface area contributed by atoms with Crippen LogP contribution in [0.3, 0.4) is 0 Å². The number of hydrogen-bond acceptors (Lipinski definition) is 3. The Kier molecular flexibility index (Phi) is 5.57.